The van der Waals surface area contributed by atoms with Crippen LogP contribution in [0.3, 0.4) is 0 Å². The van der Waals surface area contributed by atoms with E-state index in [9.17, 15) is 18.4 Å². The van der Waals surface area contributed by atoms with Crippen molar-refractivity contribution in [1.29, 1.82) is 5.26 Å². The van der Waals surface area contributed by atoms with Gasteiger partial charge >= 0.3 is 6.18 Å². The van der Waals surface area contributed by atoms with Gasteiger partial charge in [-0.25, -0.2) is 9.97 Å². The molecule has 2 aliphatic rings. The summed E-state index contributed by atoms with van der Waals surface area (Å²) in [6.07, 6.45) is 0.564. The Bertz CT molecular complexity index is 1480. The van der Waals surface area contributed by atoms with Crippen LogP contribution >= 0.6 is 0 Å². The number of H-pyrrole nitrogens is 1. The van der Waals surface area contributed by atoms with E-state index in [0.29, 0.717) is 16.9 Å². The zero-order valence-corrected chi connectivity index (χ0v) is 19.8. The molecule has 2 saturated heterocycles. The molecule has 36 heavy (non-hydrogen) atoms. The average molecular weight is 495 g/mol. The topological polar surface area (TPSA) is 89.7 Å². The smallest absolute Gasteiger partial charge is 0.355 e. The Labute approximate surface area is 205 Å². The highest BCUT2D eigenvalue weighted by Gasteiger charge is 2.46. The largest absolute Gasteiger partial charge is 0.408 e. The number of aryl methyl sites for hydroxylation is 1. The Morgan fingerprint density at radius 1 is 1.14 bits per heavy atom. The maximum atomic E-state index is 12.8. The van der Waals surface area contributed by atoms with Crippen molar-refractivity contribution in [3.05, 3.63) is 47.5 Å². The van der Waals surface area contributed by atoms with E-state index in [1.807, 2.05) is 12.1 Å². The molecule has 0 saturated carbocycles. The van der Waals surface area contributed by atoms with Crippen LogP contribution in [-0.4, -0.2) is 62.0 Å². The highest BCUT2D eigenvalue weighted by Crippen LogP contribution is 2.43. The van der Waals surface area contributed by atoms with Gasteiger partial charge in [-0.15, -0.1) is 0 Å². The van der Waals surface area contributed by atoms with Gasteiger partial charge in [0.2, 0.25) is 0 Å². The molecule has 1 spiro atoms. The molecule has 186 valence electrons. The summed E-state index contributed by atoms with van der Waals surface area (Å²) in [7, 11) is 0. The molecule has 1 N–H and O–H groups in total. The van der Waals surface area contributed by atoms with Crippen LogP contribution in [0.15, 0.2) is 30.7 Å². The number of hydrogen-bond acceptors (Lipinski definition) is 6. The van der Waals surface area contributed by atoms with Gasteiger partial charge in [0.25, 0.3) is 0 Å². The van der Waals surface area contributed by atoms with Crippen LogP contribution < -0.4 is 4.90 Å². The standard InChI is InChI=1S/C25H25F3N8/c1-16-17(2-3-21-19(16)8-18(9-29)32-21)10-34-6-4-24(5-7-34)12-35(13-24)23-20-11-36(14-25(26,27)28)33-22(20)30-15-31-23/h2-3,8,11,15,32H,4-7,10,12-14H2,1H3. The molecule has 5 heterocycles. The molecule has 0 amide bonds. The van der Waals surface area contributed by atoms with Gasteiger partial charge < -0.3 is 9.88 Å². The average Bonchev–Trinajstić information content (AvgIpc) is 3.42. The van der Waals surface area contributed by atoms with E-state index in [1.165, 1.54) is 23.7 Å². The number of aromatic amines is 1. The second-order valence-corrected chi connectivity index (χ2v) is 10.1. The molecule has 1 aromatic carbocycles. The van der Waals surface area contributed by atoms with Gasteiger partial charge in [0.05, 0.1) is 5.39 Å². The molecule has 2 fully saturated rings. The van der Waals surface area contributed by atoms with Crippen molar-refractivity contribution in [1.82, 2.24) is 29.6 Å². The number of benzene rings is 1. The lowest BCUT2D eigenvalue weighted by Crippen LogP contribution is -2.60. The lowest BCUT2D eigenvalue weighted by atomic mass is 9.72. The van der Waals surface area contributed by atoms with Crippen molar-refractivity contribution in [2.45, 2.75) is 39.0 Å². The van der Waals surface area contributed by atoms with Gasteiger partial charge in [-0.2, -0.15) is 23.5 Å². The molecule has 0 bridgehead atoms. The van der Waals surface area contributed by atoms with Gasteiger partial charge in [0.1, 0.15) is 30.5 Å². The summed E-state index contributed by atoms with van der Waals surface area (Å²) in [4.78, 5) is 16.2. The lowest BCUT2D eigenvalue weighted by Gasteiger charge is -2.54. The van der Waals surface area contributed by atoms with Crippen LogP contribution in [0.5, 0.6) is 0 Å². The van der Waals surface area contributed by atoms with Crippen LogP contribution in [0, 0.1) is 23.7 Å². The van der Waals surface area contributed by atoms with Gasteiger partial charge in [-0.1, -0.05) is 6.07 Å². The number of hydrogen-bond donors (Lipinski definition) is 1. The van der Waals surface area contributed by atoms with Crippen molar-refractivity contribution in [2.75, 3.05) is 31.1 Å². The molecular formula is C25H25F3N8. The van der Waals surface area contributed by atoms with Crippen LogP contribution in [-0.2, 0) is 13.1 Å². The molecule has 8 nitrogen and oxygen atoms in total. The van der Waals surface area contributed by atoms with E-state index in [0.717, 1.165) is 61.2 Å². The summed E-state index contributed by atoms with van der Waals surface area (Å²) in [6, 6.07) is 8.28. The number of aromatic nitrogens is 5. The number of anilines is 1. The number of nitrogens with zero attached hydrogens (tertiary/aromatic N) is 7. The molecule has 0 aliphatic carbocycles. The molecule has 6 rings (SSSR count). The van der Waals surface area contributed by atoms with E-state index < -0.39 is 12.7 Å². The van der Waals surface area contributed by atoms with E-state index >= 15 is 0 Å². The summed E-state index contributed by atoms with van der Waals surface area (Å²) >= 11 is 0. The summed E-state index contributed by atoms with van der Waals surface area (Å²) in [5.41, 5.74) is 4.54. The predicted octanol–water partition coefficient (Wildman–Crippen LogP) is 4.15. The second-order valence-electron chi connectivity index (χ2n) is 10.1. The number of piperidine rings is 1. The minimum atomic E-state index is -4.34. The quantitative estimate of drug-likeness (QED) is 0.459. The third-order valence-corrected chi connectivity index (χ3v) is 7.65. The first-order valence-corrected chi connectivity index (χ1v) is 12.0. The molecule has 2 aliphatic heterocycles. The predicted molar refractivity (Wildman–Crippen MR) is 128 cm³/mol. The minimum absolute atomic E-state index is 0.205. The van der Waals surface area contributed by atoms with E-state index in [-0.39, 0.29) is 11.1 Å². The van der Waals surface area contributed by atoms with Crippen molar-refractivity contribution in [3.8, 4) is 6.07 Å². The molecule has 3 aromatic heterocycles. The van der Waals surface area contributed by atoms with Crippen LogP contribution in [0.1, 0.15) is 29.7 Å². The van der Waals surface area contributed by atoms with Crippen LogP contribution in [0.2, 0.25) is 0 Å². The Morgan fingerprint density at radius 2 is 1.92 bits per heavy atom. The van der Waals surface area contributed by atoms with Gasteiger partial charge in [-0.3, -0.25) is 9.58 Å². The highest BCUT2D eigenvalue weighted by atomic mass is 19.4. The van der Waals surface area contributed by atoms with E-state index in [4.69, 9.17) is 0 Å². The number of likely N-dealkylation sites (tertiary alicyclic amines) is 1. The number of fused-ring (bicyclic) bond motifs is 2. The van der Waals surface area contributed by atoms with Crippen molar-refractivity contribution < 1.29 is 13.2 Å². The maximum Gasteiger partial charge on any atom is 0.408 e. The zero-order valence-electron chi connectivity index (χ0n) is 19.8. The Morgan fingerprint density at radius 3 is 2.64 bits per heavy atom. The number of nitriles is 1. The van der Waals surface area contributed by atoms with Crippen molar-refractivity contribution in [2.24, 2.45) is 5.41 Å². The Kier molecular flexibility index (Phi) is 5.19. The fraction of sp³-hybridized carbons (Fsp3) is 0.440. The summed E-state index contributed by atoms with van der Waals surface area (Å²) in [6.45, 7) is 5.50. The summed E-state index contributed by atoms with van der Waals surface area (Å²) < 4.78 is 39.3. The summed E-state index contributed by atoms with van der Waals surface area (Å²) in [5.74, 6) is 0.661. The van der Waals surface area contributed by atoms with E-state index in [2.05, 4.69) is 48.9 Å². The van der Waals surface area contributed by atoms with Crippen molar-refractivity contribution >= 4 is 27.8 Å². The van der Waals surface area contributed by atoms with Gasteiger partial charge in [-0.05, 0) is 56.1 Å². The summed E-state index contributed by atoms with van der Waals surface area (Å²) in [5, 5.41) is 14.8. The monoisotopic (exact) mass is 494 g/mol. The lowest BCUT2D eigenvalue weighted by molar-refractivity contribution is -0.142. The second kappa shape index (κ2) is 8.20. The van der Waals surface area contributed by atoms with Gasteiger partial charge in [0, 0.05) is 42.1 Å². The molecule has 0 radical (unpaired) electrons. The number of alkyl halides is 3. The maximum absolute atomic E-state index is 12.8. The minimum Gasteiger partial charge on any atom is -0.355 e. The normalized spacial score (nSPS) is 18.1. The zero-order chi connectivity index (χ0) is 25.1. The van der Waals surface area contributed by atoms with E-state index in [1.54, 1.807) is 0 Å². The highest BCUT2D eigenvalue weighted by molar-refractivity contribution is 5.87. The molecule has 0 atom stereocenters. The van der Waals surface area contributed by atoms with Crippen LogP contribution in [0.25, 0.3) is 21.9 Å². The number of rotatable bonds is 4. The number of halogens is 3. The van der Waals surface area contributed by atoms with Crippen molar-refractivity contribution in [3.63, 3.8) is 0 Å². The Hall–Kier alpha value is -3.65. The first-order chi connectivity index (χ1) is 17.2. The van der Waals surface area contributed by atoms with Gasteiger partial charge in [0.15, 0.2) is 5.65 Å². The molecule has 0 unspecified atom stereocenters. The third-order valence-electron chi connectivity index (χ3n) is 7.65. The molecule has 11 heteroatoms. The first kappa shape index (κ1) is 22.8. The number of nitrogens with one attached hydrogen (secondary N) is 1. The molecule has 4 aromatic rings. The Balaban J connectivity index is 1.10. The third kappa shape index (κ3) is 4.05. The SMILES string of the molecule is Cc1c(CN2CCC3(CC2)CN(c2ncnc4nn(CC(F)(F)F)cc24)C3)ccc2[nH]c(C#N)cc12. The fourth-order valence-electron chi connectivity index (χ4n) is 5.67. The first-order valence-electron chi connectivity index (χ1n) is 12.0. The fourth-order valence-corrected chi connectivity index (χ4v) is 5.67. The molecular weight excluding hydrogens is 469 g/mol. The van der Waals surface area contributed by atoms with Crippen LogP contribution in [0.4, 0.5) is 19.0 Å².